The van der Waals surface area contributed by atoms with Crippen LogP contribution in [0.4, 0.5) is 11.4 Å². The van der Waals surface area contributed by atoms with Gasteiger partial charge in [0, 0.05) is 17.1 Å². The topological polar surface area (TPSA) is 104 Å². The Bertz CT molecular complexity index is 1330. The Morgan fingerprint density at radius 3 is 2.59 bits per heavy atom. The smallest absolute Gasteiger partial charge is 0.250 e. The number of thioether (sulfide) groups is 1. The number of fused-ring (bicyclic) bond motifs is 1. The van der Waals surface area contributed by atoms with Crippen LogP contribution in [0.25, 0.3) is 10.2 Å². The average molecular weight is 509 g/mol. The minimum Gasteiger partial charge on any atom is -0.362 e. The number of thiazole rings is 1. The lowest BCUT2D eigenvalue weighted by Crippen LogP contribution is -2.23. The number of benzene rings is 2. The third-order valence-corrected chi connectivity index (χ3v) is 7.49. The fourth-order valence-corrected chi connectivity index (χ4v) is 5.90. The Balaban J connectivity index is 1.22. The molecule has 4 rings (SSSR count). The second-order valence-corrected chi connectivity index (χ2v) is 10.3. The second-order valence-electron chi connectivity index (χ2n) is 7.17. The molecule has 0 spiro atoms. The van der Waals surface area contributed by atoms with E-state index < -0.39 is 5.91 Å². The number of rotatable bonds is 10. The molecule has 4 aromatic rings. The van der Waals surface area contributed by atoms with Crippen LogP contribution in [0.15, 0.2) is 63.6 Å². The zero-order valence-corrected chi connectivity index (χ0v) is 20.4. The molecular weight excluding hydrogens is 488 g/mol. The molecule has 0 saturated carbocycles. The molecule has 2 aromatic heterocycles. The Labute approximate surface area is 208 Å². The Hall–Kier alpha value is -3.23. The van der Waals surface area contributed by atoms with Gasteiger partial charge >= 0.3 is 0 Å². The normalized spacial score (nSPS) is 10.7. The molecule has 2 heterocycles. The van der Waals surface area contributed by atoms with Crippen LogP contribution in [0.2, 0.25) is 0 Å². The number of nitrogens with one attached hydrogen (secondary N) is 2. The highest BCUT2D eigenvalue weighted by Crippen LogP contribution is 2.31. The van der Waals surface area contributed by atoms with E-state index >= 15 is 0 Å². The van der Waals surface area contributed by atoms with Crippen LogP contribution < -0.4 is 10.6 Å². The lowest BCUT2D eigenvalue weighted by atomic mass is 10.2. The number of hydrogen-bond donors (Lipinski definition) is 2. The molecule has 10 heteroatoms. The predicted octanol–water partition coefficient (Wildman–Crippen LogP) is 5.16. The van der Waals surface area contributed by atoms with Crippen molar-refractivity contribution < 1.29 is 14.3 Å². The van der Waals surface area contributed by atoms with Crippen LogP contribution in [0.3, 0.4) is 0 Å². The van der Waals surface area contributed by atoms with Crippen molar-refractivity contribution in [2.24, 2.45) is 0 Å². The van der Waals surface area contributed by atoms with Crippen LogP contribution in [-0.4, -0.2) is 35.8 Å². The Morgan fingerprint density at radius 1 is 1.06 bits per heavy atom. The molecule has 0 atom stereocenters. The van der Waals surface area contributed by atoms with Crippen LogP contribution in [0.1, 0.15) is 11.1 Å². The molecule has 0 aliphatic rings. The summed E-state index contributed by atoms with van der Waals surface area (Å²) in [6.45, 7) is -0.528. The molecule has 0 radical (unpaired) electrons. The van der Waals surface area contributed by atoms with E-state index in [0.717, 1.165) is 26.7 Å². The maximum atomic E-state index is 12.2. The van der Waals surface area contributed by atoms with E-state index in [0.29, 0.717) is 16.9 Å². The van der Waals surface area contributed by atoms with Crippen molar-refractivity contribution in [2.45, 2.75) is 10.8 Å². The molecule has 0 fully saturated rings. The molecule has 34 heavy (non-hydrogen) atoms. The monoisotopic (exact) mass is 508 g/mol. The standard InChI is InChI=1S/C24H20N4O3S3/c25-12-17-2-1-3-18(10-17)26-22(29)13-31-14-23(30)27-19-4-5-20-21(11-19)34-24(28-20)33-9-7-16-6-8-32-15-16/h1-6,8,10-11,15H,7,9,13-14H2,(H,26,29)(H,27,30). The molecule has 0 bridgehead atoms. The summed E-state index contributed by atoms with van der Waals surface area (Å²) in [5.41, 5.74) is 3.84. The van der Waals surface area contributed by atoms with Gasteiger partial charge < -0.3 is 15.4 Å². The number of carbonyl (C=O) groups excluding carboxylic acids is 2. The summed E-state index contributed by atoms with van der Waals surface area (Å²) in [4.78, 5) is 28.8. The highest BCUT2D eigenvalue weighted by atomic mass is 32.2. The molecule has 2 aromatic carbocycles. The number of amides is 2. The SMILES string of the molecule is N#Cc1cccc(NC(=O)COCC(=O)Nc2ccc3nc(SCCc4ccsc4)sc3c2)c1. The van der Waals surface area contributed by atoms with Gasteiger partial charge in [-0.25, -0.2) is 4.98 Å². The van der Waals surface area contributed by atoms with Crippen molar-refractivity contribution in [2.75, 3.05) is 29.6 Å². The molecule has 0 aliphatic heterocycles. The number of thiophene rings is 1. The fourth-order valence-electron chi connectivity index (χ4n) is 3.03. The Morgan fingerprint density at radius 2 is 1.85 bits per heavy atom. The minimum absolute atomic E-state index is 0.254. The van der Waals surface area contributed by atoms with E-state index in [-0.39, 0.29) is 19.1 Å². The van der Waals surface area contributed by atoms with Crippen LogP contribution in [0.5, 0.6) is 0 Å². The third kappa shape index (κ3) is 6.88. The zero-order chi connectivity index (χ0) is 23.8. The summed E-state index contributed by atoms with van der Waals surface area (Å²) in [7, 11) is 0. The first kappa shape index (κ1) is 23.9. The summed E-state index contributed by atoms with van der Waals surface area (Å²) >= 11 is 5.04. The molecule has 172 valence electrons. The minimum atomic E-state index is -0.405. The van der Waals surface area contributed by atoms with Gasteiger partial charge in [0.25, 0.3) is 0 Å². The average Bonchev–Trinajstić information content (AvgIpc) is 3.48. The number of anilines is 2. The number of aromatic nitrogens is 1. The van der Waals surface area contributed by atoms with E-state index in [2.05, 4.69) is 32.4 Å². The van der Waals surface area contributed by atoms with Gasteiger partial charge in [-0.2, -0.15) is 16.6 Å². The van der Waals surface area contributed by atoms with E-state index in [4.69, 9.17) is 10.00 Å². The van der Waals surface area contributed by atoms with E-state index in [1.807, 2.05) is 18.2 Å². The molecule has 2 N–H and O–H groups in total. The van der Waals surface area contributed by atoms with Crippen molar-refractivity contribution in [1.82, 2.24) is 4.98 Å². The first-order valence-corrected chi connectivity index (χ1v) is 13.1. The lowest BCUT2D eigenvalue weighted by molar-refractivity contribution is -0.125. The first-order chi connectivity index (χ1) is 16.6. The van der Waals surface area contributed by atoms with Crippen LogP contribution in [-0.2, 0) is 20.7 Å². The van der Waals surface area contributed by atoms with Gasteiger partial charge in [-0.3, -0.25) is 9.59 Å². The van der Waals surface area contributed by atoms with Gasteiger partial charge in [0.05, 0.1) is 21.8 Å². The van der Waals surface area contributed by atoms with Crippen molar-refractivity contribution in [3.05, 3.63) is 70.4 Å². The van der Waals surface area contributed by atoms with Crippen LogP contribution in [0, 0.1) is 11.3 Å². The van der Waals surface area contributed by atoms with E-state index in [1.165, 1.54) is 5.56 Å². The maximum absolute atomic E-state index is 12.2. The predicted molar refractivity (Wildman–Crippen MR) is 138 cm³/mol. The summed E-state index contributed by atoms with van der Waals surface area (Å²) in [6, 6.07) is 16.3. The van der Waals surface area contributed by atoms with Gasteiger partial charge in [0.1, 0.15) is 13.2 Å². The van der Waals surface area contributed by atoms with Crippen molar-refractivity contribution in [3.8, 4) is 6.07 Å². The highest BCUT2D eigenvalue weighted by Gasteiger charge is 2.10. The van der Waals surface area contributed by atoms with E-state index in [9.17, 15) is 9.59 Å². The Kier molecular flexibility index (Phi) is 8.27. The van der Waals surface area contributed by atoms with Gasteiger partial charge in [0.2, 0.25) is 11.8 Å². The van der Waals surface area contributed by atoms with Gasteiger partial charge in [-0.1, -0.05) is 17.8 Å². The number of nitriles is 1. The second kappa shape index (κ2) is 11.8. The first-order valence-electron chi connectivity index (χ1n) is 10.3. The van der Waals surface area contributed by atoms with Gasteiger partial charge in [-0.05, 0) is 65.2 Å². The largest absolute Gasteiger partial charge is 0.362 e. The molecule has 7 nitrogen and oxygen atoms in total. The number of ether oxygens (including phenoxy) is 1. The number of carbonyl (C=O) groups is 2. The number of aryl methyl sites for hydroxylation is 1. The van der Waals surface area contributed by atoms with Crippen molar-refractivity contribution in [3.63, 3.8) is 0 Å². The third-order valence-electron chi connectivity index (χ3n) is 4.59. The van der Waals surface area contributed by atoms with Gasteiger partial charge in [-0.15, -0.1) is 11.3 Å². The summed E-state index contributed by atoms with van der Waals surface area (Å²) in [6.07, 6.45) is 1.01. The number of nitrogens with zero attached hydrogens (tertiary/aromatic N) is 2. The molecular formula is C24H20N4O3S3. The van der Waals surface area contributed by atoms with Crippen LogP contribution >= 0.6 is 34.4 Å². The molecule has 0 unspecified atom stereocenters. The maximum Gasteiger partial charge on any atom is 0.250 e. The summed E-state index contributed by atoms with van der Waals surface area (Å²) in [5, 5.41) is 18.6. The van der Waals surface area contributed by atoms with Crippen molar-refractivity contribution in [1.29, 1.82) is 5.26 Å². The molecule has 2 amide bonds. The fraction of sp³-hybridized carbons (Fsp3) is 0.167. The molecule has 0 saturated heterocycles. The highest BCUT2D eigenvalue weighted by molar-refractivity contribution is 8.01. The van der Waals surface area contributed by atoms with Gasteiger partial charge in [0.15, 0.2) is 4.34 Å². The quantitative estimate of drug-likeness (QED) is 0.287. The lowest BCUT2D eigenvalue weighted by Gasteiger charge is -2.07. The molecule has 0 aliphatic carbocycles. The van der Waals surface area contributed by atoms with E-state index in [1.54, 1.807) is 64.8 Å². The zero-order valence-electron chi connectivity index (χ0n) is 17.9. The summed E-state index contributed by atoms with van der Waals surface area (Å²) in [5.74, 6) is 0.209. The van der Waals surface area contributed by atoms with Crippen molar-refractivity contribution >= 4 is 67.8 Å². The summed E-state index contributed by atoms with van der Waals surface area (Å²) < 4.78 is 7.22. The number of hydrogen-bond acceptors (Lipinski definition) is 8.